The summed E-state index contributed by atoms with van der Waals surface area (Å²) in [5.41, 5.74) is 0.668. The van der Waals surface area contributed by atoms with Crippen molar-refractivity contribution >= 4 is 11.9 Å². The van der Waals surface area contributed by atoms with Crippen LogP contribution in [-0.2, 0) is 9.59 Å². The van der Waals surface area contributed by atoms with Crippen molar-refractivity contribution in [3.63, 3.8) is 0 Å². The number of amides is 1. The van der Waals surface area contributed by atoms with Crippen molar-refractivity contribution in [1.82, 2.24) is 5.32 Å². The number of carboxylic acid groups (broad SMARTS) is 1. The van der Waals surface area contributed by atoms with Crippen molar-refractivity contribution in [2.24, 2.45) is 5.92 Å². The van der Waals surface area contributed by atoms with Gasteiger partial charge in [-0.1, -0.05) is 32.0 Å². The molecule has 5 heteroatoms. The number of para-hydroxylation sites is 1. The molecule has 1 rings (SSSR count). The number of carboxylic acids is 1. The summed E-state index contributed by atoms with van der Waals surface area (Å²) in [7, 11) is 1.51. The summed E-state index contributed by atoms with van der Waals surface area (Å²) in [6, 6.07) is 6.49. The number of aliphatic carboxylic acids is 1. The van der Waals surface area contributed by atoms with Gasteiger partial charge in [-0.25, -0.2) is 0 Å². The molecule has 1 amide bonds. The fraction of sp³-hybridized carbons (Fsp3) is 0.429. The molecule has 0 fully saturated rings. The summed E-state index contributed by atoms with van der Waals surface area (Å²) < 4.78 is 5.21. The van der Waals surface area contributed by atoms with E-state index in [4.69, 9.17) is 9.84 Å². The Morgan fingerprint density at radius 1 is 1.32 bits per heavy atom. The number of nitrogens with one attached hydrogen (secondary N) is 1. The molecular formula is C14H19NO4. The van der Waals surface area contributed by atoms with Crippen molar-refractivity contribution in [1.29, 1.82) is 0 Å². The smallest absolute Gasteiger partial charge is 0.305 e. The van der Waals surface area contributed by atoms with E-state index in [-0.39, 0.29) is 18.2 Å². The highest BCUT2D eigenvalue weighted by atomic mass is 16.5. The van der Waals surface area contributed by atoms with Gasteiger partial charge in [0.25, 0.3) is 0 Å². The Morgan fingerprint density at radius 2 is 1.95 bits per heavy atom. The van der Waals surface area contributed by atoms with Gasteiger partial charge < -0.3 is 15.2 Å². The second-order valence-corrected chi connectivity index (χ2v) is 4.56. The highest BCUT2D eigenvalue weighted by molar-refractivity contribution is 5.79. The zero-order chi connectivity index (χ0) is 14.4. The maximum Gasteiger partial charge on any atom is 0.305 e. The van der Waals surface area contributed by atoms with E-state index in [1.54, 1.807) is 38.1 Å². The first-order valence-electron chi connectivity index (χ1n) is 6.10. The fourth-order valence-corrected chi connectivity index (χ4v) is 1.71. The molecule has 0 heterocycles. The lowest BCUT2D eigenvalue weighted by atomic mass is 10.0. The molecule has 1 atom stereocenters. The van der Waals surface area contributed by atoms with Crippen LogP contribution in [0.5, 0.6) is 5.75 Å². The summed E-state index contributed by atoms with van der Waals surface area (Å²) in [5.74, 6) is -0.791. The normalized spacial score (nSPS) is 12.0. The minimum absolute atomic E-state index is 0.182. The molecule has 0 aromatic heterocycles. The van der Waals surface area contributed by atoms with Crippen LogP contribution in [0.1, 0.15) is 31.9 Å². The number of benzene rings is 1. The molecule has 0 bridgehead atoms. The van der Waals surface area contributed by atoms with Crippen LogP contribution >= 0.6 is 0 Å². The van der Waals surface area contributed by atoms with Crippen molar-refractivity contribution in [2.45, 2.75) is 26.3 Å². The zero-order valence-electron chi connectivity index (χ0n) is 11.3. The van der Waals surface area contributed by atoms with E-state index < -0.39 is 12.0 Å². The molecule has 0 aliphatic carbocycles. The van der Waals surface area contributed by atoms with Crippen LogP contribution in [0.2, 0.25) is 0 Å². The molecule has 0 saturated heterocycles. The van der Waals surface area contributed by atoms with Crippen LogP contribution < -0.4 is 10.1 Å². The van der Waals surface area contributed by atoms with Gasteiger partial charge in [-0.2, -0.15) is 0 Å². The second kappa shape index (κ2) is 6.78. The molecule has 19 heavy (non-hydrogen) atoms. The van der Waals surface area contributed by atoms with E-state index in [0.717, 1.165) is 0 Å². The van der Waals surface area contributed by atoms with E-state index in [1.807, 2.05) is 0 Å². The average Bonchev–Trinajstić information content (AvgIpc) is 2.37. The van der Waals surface area contributed by atoms with Crippen LogP contribution in [0.15, 0.2) is 24.3 Å². The van der Waals surface area contributed by atoms with Gasteiger partial charge in [0.05, 0.1) is 19.6 Å². The molecule has 0 spiro atoms. The van der Waals surface area contributed by atoms with Crippen LogP contribution in [0.25, 0.3) is 0 Å². The zero-order valence-corrected chi connectivity index (χ0v) is 11.3. The number of carbonyl (C=O) groups is 2. The molecule has 2 N–H and O–H groups in total. The third-order valence-corrected chi connectivity index (χ3v) is 2.73. The number of hydrogen-bond donors (Lipinski definition) is 2. The monoisotopic (exact) mass is 265 g/mol. The van der Waals surface area contributed by atoms with Gasteiger partial charge in [-0.05, 0) is 6.07 Å². The van der Waals surface area contributed by atoms with Crippen LogP contribution in [0, 0.1) is 5.92 Å². The first kappa shape index (κ1) is 15.0. The second-order valence-electron chi connectivity index (χ2n) is 4.56. The van der Waals surface area contributed by atoms with Gasteiger partial charge in [0.15, 0.2) is 0 Å². The molecule has 5 nitrogen and oxygen atoms in total. The lowest BCUT2D eigenvalue weighted by molar-refractivity contribution is -0.137. The summed E-state index contributed by atoms with van der Waals surface area (Å²) in [5, 5.41) is 11.7. The summed E-state index contributed by atoms with van der Waals surface area (Å²) in [6.45, 7) is 3.52. The first-order valence-corrected chi connectivity index (χ1v) is 6.10. The topological polar surface area (TPSA) is 75.6 Å². The van der Waals surface area contributed by atoms with Gasteiger partial charge in [-0.15, -0.1) is 0 Å². The molecule has 1 unspecified atom stereocenters. The van der Waals surface area contributed by atoms with Crippen molar-refractivity contribution in [3.8, 4) is 5.75 Å². The Bertz CT molecular complexity index is 457. The third-order valence-electron chi connectivity index (χ3n) is 2.73. The number of rotatable bonds is 6. The highest BCUT2D eigenvalue weighted by Gasteiger charge is 2.22. The quantitative estimate of drug-likeness (QED) is 0.824. The minimum Gasteiger partial charge on any atom is -0.496 e. The van der Waals surface area contributed by atoms with Gasteiger partial charge in [0.1, 0.15) is 5.75 Å². The number of hydrogen-bond acceptors (Lipinski definition) is 3. The summed E-state index contributed by atoms with van der Waals surface area (Å²) in [4.78, 5) is 22.7. The van der Waals surface area contributed by atoms with E-state index >= 15 is 0 Å². The van der Waals surface area contributed by atoms with E-state index in [2.05, 4.69) is 5.32 Å². The SMILES string of the molecule is COc1ccccc1C(CC(=O)O)NC(=O)C(C)C. The third kappa shape index (κ3) is 4.28. The van der Waals surface area contributed by atoms with Crippen LogP contribution in [0.3, 0.4) is 0 Å². The maximum atomic E-state index is 11.8. The lowest BCUT2D eigenvalue weighted by Crippen LogP contribution is -2.33. The van der Waals surface area contributed by atoms with Gasteiger partial charge in [0.2, 0.25) is 5.91 Å². The average molecular weight is 265 g/mol. The van der Waals surface area contributed by atoms with E-state index in [0.29, 0.717) is 11.3 Å². The predicted octanol–water partition coefficient (Wildman–Crippen LogP) is 1.98. The standard InChI is InChI=1S/C14H19NO4/c1-9(2)14(18)15-11(8-13(16)17)10-6-4-5-7-12(10)19-3/h4-7,9,11H,8H2,1-3H3,(H,15,18)(H,16,17). The summed E-state index contributed by atoms with van der Waals surface area (Å²) in [6.07, 6.45) is -0.182. The number of carbonyl (C=O) groups excluding carboxylic acids is 1. The number of ether oxygens (including phenoxy) is 1. The van der Waals surface area contributed by atoms with E-state index in [1.165, 1.54) is 7.11 Å². The molecule has 0 aliphatic rings. The van der Waals surface area contributed by atoms with E-state index in [9.17, 15) is 9.59 Å². The molecular weight excluding hydrogens is 246 g/mol. The van der Waals surface area contributed by atoms with Crippen molar-refractivity contribution < 1.29 is 19.4 Å². The molecule has 1 aromatic carbocycles. The van der Waals surface area contributed by atoms with Crippen molar-refractivity contribution in [2.75, 3.05) is 7.11 Å². The molecule has 104 valence electrons. The molecule has 1 aromatic rings. The molecule has 0 saturated carbocycles. The Labute approximate surface area is 112 Å². The Balaban J connectivity index is 3.02. The Hall–Kier alpha value is -2.04. The van der Waals surface area contributed by atoms with Crippen molar-refractivity contribution in [3.05, 3.63) is 29.8 Å². The fourth-order valence-electron chi connectivity index (χ4n) is 1.71. The predicted molar refractivity (Wildman–Crippen MR) is 71.0 cm³/mol. The number of methoxy groups -OCH3 is 1. The first-order chi connectivity index (χ1) is 8.95. The van der Waals surface area contributed by atoms with Gasteiger partial charge >= 0.3 is 5.97 Å². The van der Waals surface area contributed by atoms with Gasteiger partial charge in [0, 0.05) is 11.5 Å². The highest BCUT2D eigenvalue weighted by Crippen LogP contribution is 2.27. The lowest BCUT2D eigenvalue weighted by Gasteiger charge is -2.20. The van der Waals surface area contributed by atoms with Crippen LogP contribution in [-0.4, -0.2) is 24.1 Å². The largest absolute Gasteiger partial charge is 0.496 e. The maximum absolute atomic E-state index is 11.8. The Morgan fingerprint density at radius 3 is 2.47 bits per heavy atom. The summed E-state index contributed by atoms with van der Waals surface area (Å²) >= 11 is 0. The van der Waals surface area contributed by atoms with Gasteiger partial charge in [-0.3, -0.25) is 9.59 Å². The van der Waals surface area contributed by atoms with Crippen LogP contribution in [0.4, 0.5) is 0 Å². The molecule has 0 radical (unpaired) electrons. The molecule has 0 aliphatic heterocycles. The minimum atomic E-state index is -0.972. The Kier molecular flexibility index (Phi) is 5.36.